The molecule has 0 radical (unpaired) electrons. The number of sulfonamides is 1. The highest BCUT2D eigenvalue weighted by atomic mass is 35.5. The molecule has 0 unspecified atom stereocenters. The zero-order valence-electron chi connectivity index (χ0n) is 15.4. The molecular weight excluding hydrogens is 471 g/mol. The molecule has 1 aliphatic rings. The molecule has 0 aromatic carbocycles. The van der Waals surface area contributed by atoms with Crippen molar-refractivity contribution in [3.63, 3.8) is 0 Å². The lowest BCUT2D eigenvalue weighted by molar-refractivity contribution is -0.192. The Morgan fingerprint density at radius 1 is 1.43 bits per heavy atom. The molecule has 0 amide bonds. The number of pyridine rings is 1. The Balaban J connectivity index is 0.000000396. The number of carbonyl (C=O) groups is 1. The molecule has 1 aliphatic heterocycles. The quantitative estimate of drug-likeness (QED) is 0.587. The van der Waals surface area contributed by atoms with Crippen molar-refractivity contribution in [2.45, 2.75) is 23.5 Å². The fourth-order valence-corrected chi connectivity index (χ4v) is 4.31. The van der Waals surface area contributed by atoms with Gasteiger partial charge in [-0.15, -0.1) is 11.3 Å². The summed E-state index contributed by atoms with van der Waals surface area (Å²) in [5, 5.41) is 12.3. The largest absolute Gasteiger partial charge is 0.490 e. The highest BCUT2D eigenvalue weighted by molar-refractivity contribution is 7.92. The Hall–Kier alpha value is -2.16. The van der Waals surface area contributed by atoms with Gasteiger partial charge in [-0.1, -0.05) is 11.6 Å². The van der Waals surface area contributed by atoms with Gasteiger partial charge in [0.1, 0.15) is 10.7 Å². The van der Waals surface area contributed by atoms with Gasteiger partial charge >= 0.3 is 12.1 Å². The SMILES string of the molecule is CN(c1ncc(S(=O)(=O)Nc2cscn2)cc1Cl)[C@H]1CCNC1.O=C(O)C(F)(F)F. The van der Waals surface area contributed by atoms with Crippen LogP contribution in [0.4, 0.5) is 24.8 Å². The summed E-state index contributed by atoms with van der Waals surface area (Å²) in [5.41, 5.74) is 1.55. The first-order valence-corrected chi connectivity index (χ1v) is 11.0. The number of alkyl halides is 3. The third-order valence-corrected chi connectivity index (χ3v) is 6.12. The van der Waals surface area contributed by atoms with Crippen molar-refractivity contribution in [1.82, 2.24) is 15.3 Å². The molecule has 3 rings (SSSR count). The minimum absolute atomic E-state index is 0.0113. The van der Waals surface area contributed by atoms with Gasteiger partial charge in [0.25, 0.3) is 10.0 Å². The van der Waals surface area contributed by atoms with Gasteiger partial charge in [-0.05, 0) is 19.0 Å². The summed E-state index contributed by atoms with van der Waals surface area (Å²) in [6, 6.07) is 1.72. The normalized spacial score (nSPS) is 16.5. The second kappa shape index (κ2) is 9.76. The first-order chi connectivity index (χ1) is 13.9. The summed E-state index contributed by atoms with van der Waals surface area (Å²) in [4.78, 5) is 19.0. The van der Waals surface area contributed by atoms with E-state index in [1.165, 1.54) is 23.6 Å². The zero-order chi connectivity index (χ0) is 22.5. The van der Waals surface area contributed by atoms with E-state index in [1.54, 1.807) is 10.9 Å². The number of rotatable bonds is 5. The van der Waals surface area contributed by atoms with E-state index < -0.39 is 22.2 Å². The minimum atomic E-state index is -5.08. The highest BCUT2D eigenvalue weighted by Crippen LogP contribution is 2.28. The third-order valence-electron chi connectivity index (χ3n) is 3.94. The predicted molar refractivity (Wildman–Crippen MR) is 106 cm³/mol. The third kappa shape index (κ3) is 6.42. The number of aromatic nitrogens is 2. The molecule has 0 spiro atoms. The van der Waals surface area contributed by atoms with E-state index in [4.69, 9.17) is 21.5 Å². The Kier molecular flexibility index (Phi) is 7.85. The van der Waals surface area contributed by atoms with E-state index in [0.29, 0.717) is 16.9 Å². The highest BCUT2D eigenvalue weighted by Gasteiger charge is 2.38. The smallest absolute Gasteiger partial charge is 0.475 e. The van der Waals surface area contributed by atoms with Gasteiger partial charge in [0, 0.05) is 31.2 Å². The van der Waals surface area contributed by atoms with Crippen LogP contribution in [0.3, 0.4) is 0 Å². The van der Waals surface area contributed by atoms with Crippen LogP contribution in [0.1, 0.15) is 6.42 Å². The monoisotopic (exact) mass is 487 g/mol. The van der Waals surface area contributed by atoms with Crippen LogP contribution in [0, 0.1) is 0 Å². The van der Waals surface area contributed by atoms with E-state index in [-0.39, 0.29) is 10.7 Å². The molecule has 0 saturated carbocycles. The lowest BCUT2D eigenvalue weighted by Crippen LogP contribution is -2.34. The summed E-state index contributed by atoms with van der Waals surface area (Å²) in [5.74, 6) is -1.90. The van der Waals surface area contributed by atoms with Gasteiger partial charge in [-0.2, -0.15) is 13.2 Å². The number of anilines is 2. The summed E-state index contributed by atoms with van der Waals surface area (Å²) >= 11 is 7.57. The molecule has 0 aliphatic carbocycles. The van der Waals surface area contributed by atoms with E-state index in [1.807, 2.05) is 11.9 Å². The molecule has 1 saturated heterocycles. The van der Waals surface area contributed by atoms with Crippen LogP contribution in [-0.2, 0) is 14.8 Å². The number of nitrogens with zero attached hydrogens (tertiary/aromatic N) is 3. The molecule has 166 valence electrons. The fraction of sp³-hybridized carbons (Fsp3) is 0.400. The Morgan fingerprint density at radius 2 is 2.10 bits per heavy atom. The number of carboxylic acids is 1. The number of thiazole rings is 1. The molecule has 30 heavy (non-hydrogen) atoms. The van der Waals surface area contributed by atoms with Crippen molar-refractivity contribution in [2.24, 2.45) is 0 Å². The Bertz CT molecular complexity index is 967. The van der Waals surface area contributed by atoms with E-state index >= 15 is 0 Å². The van der Waals surface area contributed by atoms with Crippen LogP contribution in [0.15, 0.2) is 28.0 Å². The van der Waals surface area contributed by atoms with Crippen LogP contribution in [0.25, 0.3) is 0 Å². The average molecular weight is 488 g/mol. The molecule has 2 aromatic heterocycles. The Labute approximate surface area is 178 Å². The van der Waals surface area contributed by atoms with Gasteiger partial charge in [-0.3, -0.25) is 4.72 Å². The first-order valence-electron chi connectivity index (χ1n) is 8.22. The van der Waals surface area contributed by atoms with Crippen molar-refractivity contribution in [2.75, 3.05) is 29.8 Å². The van der Waals surface area contributed by atoms with Gasteiger partial charge in [0.05, 0.1) is 10.5 Å². The second-order valence-corrected chi connectivity index (χ2v) is 8.82. The number of aliphatic carboxylic acids is 1. The number of hydrogen-bond donors (Lipinski definition) is 3. The minimum Gasteiger partial charge on any atom is -0.475 e. The van der Waals surface area contributed by atoms with Crippen molar-refractivity contribution in [3.05, 3.63) is 28.2 Å². The summed E-state index contributed by atoms with van der Waals surface area (Å²) in [6.07, 6.45) is -2.77. The molecule has 1 atom stereocenters. The summed E-state index contributed by atoms with van der Waals surface area (Å²) in [7, 11) is -1.84. The number of nitrogens with one attached hydrogen (secondary N) is 2. The molecule has 3 N–H and O–H groups in total. The average Bonchev–Trinajstić information content (AvgIpc) is 3.34. The standard InChI is InChI=1S/C13H16ClN5O2S2.C2HF3O2/c1-19(9-2-3-15-5-9)13-11(14)4-10(6-16-13)23(20,21)18-12-7-22-8-17-12;3-2(4,5)1(6)7/h4,6-9,15,18H,2-3,5H2,1H3;(H,6,7)/t9-;/m0./s1. The topological polar surface area (TPSA) is 125 Å². The molecular formula is C15H17ClF3N5O4S2. The Morgan fingerprint density at radius 3 is 2.57 bits per heavy atom. The van der Waals surface area contributed by atoms with Gasteiger partial charge in [-0.25, -0.2) is 23.2 Å². The number of likely N-dealkylation sites (N-methyl/N-ethyl adjacent to an activating group) is 1. The number of halogens is 4. The first kappa shape index (κ1) is 24.1. The van der Waals surface area contributed by atoms with Crippen molar-refractivity contribution in [3.8, 4) is 0 Å². The van der Waals surface area contributed by atoms with Crippen LogP contribution < -0.4 is 14.9 Å². The molecule has 9 nitrogen and oxygen atoms in total. The second-order valence-electron chi connectivity index (χ2n) is 6.02. The maximum atomic E-state index is 12.3. The van der Waals surface area contributed by atoms with E-state index in [2.05, 4.69) is 20.0 Å². The molecule has 2 aromatic rings. The lowest BCUT2D eigenvalue weighted by atomic mass is 10.2. The maximum absolute atomic E-state index is 12.3. The molecule has 15 heteroatoms. The van der Waals surface area contributed by atoms with Crippen LogP contribution in [0.2, 0.25) is 5.02 Å². The van der Waals surface area contributed by atoms with Crippen LogP contribution in [-0.4, -0.2) is 61.8 Å². The van der Waals surface area contributed by atoms with Gasteiger partial charge < -0.3 is 15.3 Å². The number of carboxylic acid groups (broad SMARTS) is 1. The predicted octanol–water partition coefficient (Wildman–Crippen LogP) is 2.42. The van der Waals surface area contributed by atoms with Crippen molar-refractivity contribution >= 4 is 50.6 Å². The van der Waals surface area contributed by atoms with Crippen LogP contribution >= 0.6 is 22.9 Å². The lowest BCUT2D eigenvalue weighted by Gasteiger charge is -2.25. The molecule has 1 fully saturated rings. The van der Waals surface area contributed by atoms with Gasteiger partial charge in [0.15, 0.2) is 5.82 Å². The number of hydrogen-bond acceptors (Lipinski definition) is 8. The maximum Gasteiger partial charge on any atom is 0.490 e. The van der Waals surface area contributed by atoms with Crippen LogP contribution in [0.5, 0.6) is 0 Å². The van der Waals surface area contributed by atoms with E-state index in [0.717, 1.165) is 19.5 Å². The van der Waals surface area contributed by atoms with Gasteiger partial charge in [0.2, 0.25) is 0 Å². The summed E-state index contributed by atoms with van der Waals surface area (Å²) in [6.45, 7) is 1.82. The zero-order valence-corrected chi connectivity index (χ0v) is 17.7. The summed E-state index contributed by atoms with van der Waals surface area (Å²) < 4.78 is 58.8. The van der Waals surface area contributed by atoms with E-state index in [9.17, 15) is 21.6 Å². The van der Waals surface area contributed by atoms with Crippen molar-refractivity contribution < 1.29 is 31.5 Å². The van der Waals surface area contributed by atoms with Crippen molar-refractivity contribution in [1.29, 1.82) is 0 Å². The molecule has 0 bridgehead atoms. The molecule has 3 heterocycles. The fourth-order valence-electron chi connectivity index (χ4n) is 2.42.